The van der Waals surface area contributed by atoms with Gasteiger partial charge in [-0.3, -0.25) is 9.59 Å². The van der Waals surface area contributed by atoms with Gasteiger partial charge in [0.05, 0.1) is 21.4 Å². The number of carboxylic acid groups (broad SMARTS) is 1. The summed E-state index contributed by atoms with van der Waals surface area (Å²) in [7, 11) is 0. The summed E-state index contributed by atoms with van der Waals surface area (Å²) < 4.78 is 0. The number of aromatic carboxylic acids is 1. The number of nitrogens with one attached hydrogen (secondary N) is 2. The second-order valence-corrected chi connectivity index (χ2v) is 9.45. The molecule has 170 valence electrons. The van der Waals surface area contributed by atoms with E-state index in [0.29, 0.717) is 22.0 Å². The van der Waals surface area contributed by atoms with E-state index in [1.54, 1.807) is 50.2 Å². The highest BCUT2D eigenvalue weighted by atomic mass is 35.5. The van der Waals surface area contributed by atoms with Gasteiger partial charge in [-0.1, -0.05) is 35.3 Å². The van der Waals surface area contributed by atoms with Gasteiger partial charge in [-0.15, -0.1) is 11.8 Å². The van der Waals surface area contributed by atoms with Crippen LogP contribution in [0.25, 0.3) is 0 Å². The molecule has 33 heavy (non-hydrogen) atoms. The van der Waals surface area contributed by atoms with E-state index >= 15 is 0 Å². The molecule has 0 fully saturated rings. The molecule has 1 unspecified atom stereocenters. The predicted molar refractivity (Wildman–Crippen MR) is 133 cm³/mol. The molecular weight excluding hydrogens is 483 g/mol. The summed E-state index contributed by atoms with van der Waals surface area (Å²) in [6, 6.07) is 16.3. The normalized spacial score (nSPS) is 11.5. The molecule has 3 N–H and O–H groups in total. The molecule has 6 nitrogen and oxygen atoms in total. The first-order valence-electron chi connectivity index (χ1n) is 9.82. The number of benzene rings is 3. The Labute approximate surface area is 205 Å². The van der Waals surface area contributed by atoms with E-state index in [-0.39, 0.29) is 22.4 Å². The van der Waals surface area contributed by atoms with Crippen LogP contribution in [-0.2, 0) is 4.79 Å². The van der Waals surface area contributed by atoms with Crippen molar-refractivity contribution in [1.29, 1.82) is 0 Å². The largest absolute Gasteiger partial charge is 0.478 e. The van der Waals surface area contributed by atoms with Gasteiger partial charge in [-0.25, -0.2) is 4.79 Å². The molecule has 0 aliphatic carbocycles. The van der Waals surface area contributed by atoms with Gasteiger partial charge >= 0.3 is 5.97 Å². The summed E-state index contributed by atoms with van der Waals surface area (Å²) in [6.45, 7) is 3.53. The number of carbonyl (C=O) groups excluding carboxylic acids is 2. The molecule has 2 amide bonds. The van der Waals surface area contributed by atoms with Crippen molar-refractivity contribution in [3.8, 4) is 0 Å². The van der Waals surface area contributed by atoms with Gasteiger partial charge in [-0.2, -0.15) is 0 Å². The fraction of sp³-hybridized carbons (Fsp3) is 0.125. The van der Waals surface area contributed by atoms with Crippen LogP contribution in [0.2, 0.25) is 10.0 Å². The number of carboxylic acids is 1. The van der Waals surface area contributed by atoms with E-state index in [4.69, 9.17) is 28.3 Å². The molecular formula is C24H20Cl2N2O4S. The summed E-state index contributed by atoms with van der Waals surface area (Å²) in [6.07, 6.45) is 0. The van der Waals surface area contributed by atoms with Crippen molar-refractivity contribution in [3.05, 3.63) is 87.4 Å². The Morgan fingerprint density at radius 3 is 2.42 bits per heavy atom. The highest BCUT2D eigenvalue weighted by Crippen LogP contribution is 2.28. The fourth-order valence-corrected chi connectivity index (χ4v) is 4.32. The van der Waals surface area contributed by atoms with Crippen molar-refractivity contribution in [2.24, 2.45) is 0 Å². The minimum absolute atomic E-state index is 0.0976. The molecule has 0 aliphatic heterocycles. The molecule has 0 bridgehead atoms. The van der Waals surface area contributed by atoms with Gasteiger partial charge in [0.15, 0.2) is 0 Å². The van der Waals surface area contributed by atoms with E-state index in [9.17, 15) is 14.4 Å². The number of anilines is 2. The van der Waals surface area contributed by atoms with E-state index in [0.717, 1.165) is 10.5 Å². The van der Waals surface area contributed by atoms with Crippen LogP contribution < -0.4 is 10.6 Å². The number of hydrogen-bond acceptors (Lipinski definition) is 4. The summed E-state index contributed by atoms with van der Waals surface area (Å²) in [5.74, 6) is -1.71. The summed E-state index contributed by atoms with van der Waals surface area (Å²) in [4.78, 5) is 37.2. The van der Waals surface area contributed by atoms with Crippen molar-refractivity contribution in [2.45, 2.75) is 24.0 Å². The smallest absolute Gasteiger partial charge is 0.335 e. The standard InChI is InChI=1S/C24H20Cl2N2O4S/c1-13-6-7-15(24(31)32)10-21(13)28-22(29)14(2)33-18-5-3-4-17(12-18)27-23(30)19-9-8-16(25)11-20(19)26/h3-12,14H,1-2H3,(H,27,30)(H,28,29)(H,31,32). The van der Waals surface area contributed by atoms with Gasteiger partial charge in [0, 0.05) is 21.3 Å². The van der Waals surface area contributed by atoms with Crippen LogP contribution in [0, 0.1) is 6.92 Å². The molecule has 9 heteroatoms. The quantitative estimate of drug-likeness (QED) is 0.326. The van der Waals surface area contributed by atoms with Crippen molar-refractivity contribution < 1.29 is 19.5 Å². The van der Waals surface area contributed by atoms with Gasteiger partial charge in [0.2, 0.25) is 5.91 Å². The summed E-state index contributed by atoms with van der Waals surface area (Å²) in [5, 5.41) is 15.0. The van der Waals surface area contributed by atoms with Gasteiger partial charge < -0.3 is 15.7 Å². The fourth-order valence-electron chi connectivity index (χ4n) is 2.90. The Bertz CT molecular complexity index is 1230. The third kappa shape index (κ3) is 6.51. The van der Waals surface area contributed by atoms with E-state index in [1.807, 2.05) is 6.07 Å². The monoisotopic (exact) mass is 502 g/mol. The maximum absolute atomic E-state index is 12.7. The van der Waals surface area contributed by atoms with Crippen molar-refractivity contribution >= 4 is 64.1 Å². The SMILES string of the molecule is Cc1ccc(C(=O)O)cc1NC(=O)C(C)Sc1cccc(NC(=O)c2ccc(Cl)cc2Cl)c1. The molecule has 0 heterocycles. The number of amides is 2. The average Bonchev–Trinajstić information content (AvgIpc) is 2.75. The zero-order valence-corrected chi connectivity index (χ0v) is 20.0. The van der Waals surface area contributed by atoms with E-state index < -0.39 is 11.2 Å². The molecule has 0 aliphatic rings. The minimum Gasteiger partial charge on any atom is -0.478 e. The Balaban J connectivity index is 1.67. The predicted octanol–water partition coefficient (Wildman–Crippen LogP) is 6.37. The Hall–Kier alpha value is -3.00. The van der Waals surface area contributed by atoms with Gasteiger partial charge in [-0.05, 0) is 67.9 Å². The lowest BCUT2D eigenvalue weighted by Gasteiger charge is -2.15. The molecule has 0 radical (unpaired) electrons. The first kappa shape index (κ1) is 24.6. The van der Waals surface area contributed by atoms with Crippen LogP contribution in [0.15, 0.2) is 65.6 Å². The number of thioether (sulfide) groups is 1. The Kier molecular flexibility index (Phi) is 8.02. The lowest BCUT2D eigenvalue weighted by Crippen LogP contribution is -2.23. The summed E-state index contributed by atoms with van der Waals surface area (Å²) in [5.41, 5.74) is 2.16. The lowest BCUT2D eigenvalue weighted by molar-refractivity contribution is -0.115. The van der Waals surface area contributed by atoms with Gasteiger partial charge in [0.1, 0.15) is 0 Å². The van der Waals surface area contributed by atoms with Crippen molar-refractivity contribution in [2.75, 3.05) is 10.6 Å². The maximum Gasteiger partial charge on any atom is 0.335 e. The topological polar surface area (TPSA) is 95.5 Å². The number of halogens is 2. The first-order valence-corrected chi connectivity index (χ1v) is 11.5. The Morgan fingerprint density at radius 1 is 0.970 bits per heavy atom. The minimum atomic E-state index is -1.06. The average molecular weight is 503 g/mol. The summed E-state index contributed by atoms with van der Waals surface area (Å²) >= 11 is 13.3. The highest BCUT2D eigenvalue weighted by molar-refractivity contribution is 8.00. The van der Waals surface area contributed by atoms with Crippen LogP contribution in [-0.4, -0.2) is 28.1 Å². The second-order valence-electron chi connectivity index (χ2n) is 7.19. The number of hydrogen-bond donors (Lipinski definition) is 3. The molecule has 0 spiro atoms. The molecule has 0 aromatic heterocycles. The lowest BCUT2D eigenvalue weighted by atomic mass is 10.1. The van der Waals surface area contributed by atoms with Crippen LogP contribution in [0.1, 0.15) is 33.2 Å². The highest BCUT2D eigenvalue weighted by Gasteiger charge is 2.17. The van der Waals surface area contributed by atoms with Crippen LogP contribution in [0.4, 0.5) is 11.4 Å². The maximum atomic E-state index is 12.7. The number of carbonyl (C=O) groups is 3. The molecule has 3 rings (SSSR count). The van der Waals surface area contributed by atoms with Gasteiger partial charge in [0.25, 0.3) is 5.91 Å². The molecule has 0 saturated heterocycles. The van der Waals surface area contributed by atoms with Crippen LogP contribution in [0.5, 0.6) is 0 Å². The third-order valence-corrected chi connectivity index (χ3v) is 6.33. The molecule has 3 aromatic rings. The Morgan fingerprint density at radius 2 is 1.73 bits per heavy atom. The zero-order valence-electron chi connectivity index (χ0n) is 17.7. The van der Waals surface area contributed by atoms with E-state index in [1.165, 1.54) is 30.0 Å². The van der Waals surface area contributed by atoms with Crippen LogP contribution in [0.3, 0.4) is 0 Å². The van der Waals surface area contributed by atoms with E-state index in [2.05, 4.69) is 10.6 Å². The molecule has 3 aromatic carbocycles. The number of rotatable bonds is 7. The second kappa shape index (κ2) is 10.7. The number of aryl methyl sites for hydroxylation is 1. The van der Waals surface area contributed by atoms with Crippen LogP contribution >= 0.6 is 35.0 Å². The zero-order chi connectivity index (χ0) is 24.1. The van der Waals surface area contributed by atoms with Crippen molar-refractivity contribution in [3.63, 3.8) is 0 Å². The third-order valence-electron chi connectivity index (χ3n) is 4.69. The first-order chi connectivity index (χ1) is 15.6. The molecule has 0 saturated carbocycles. The molecule has 1 atom stereocenters. The van der Waals surface area contributed by atoms with Crippen molar-refractivity contribution in [1.82, 2.24) is 0 Å².